The number of aromatic hydroxyl groups is 1. The van der Waals surface area contributed by atoms with Gasteiger partial charge in [-0.3, -0.25) is 4.79 Å². The first-order valence-electron chi connectivity index (χ1n) is 5.01. The Labute approximate surface area is 89.4 Å². The van der Waals surface area contributed by atoms with Gasteiger partial charge < -0.3 is 10.2 Å². The van der Waals surface area contributed by atoms with E-state index in [0.29, 0.717) is 6.42 Å². The summed E-state index contributed by atoms with van der Waals surface area (Å²) in [6, 6.07) is 6.74. The summed E-state index contributed by atoms with van der Waals surface area (Å²) in [5.74, 6) is -0.912. The molecule has 82 valence electrons. The van der Waals surface area contributed by atoms with E-state index in [2.05, 4.69) is 0 Å². The fourth-order valence-electron chi connectivity index (χ4n) is 1.55. The first-order chi connectivity index (χ1) is 7.00. The second-order valence-electron chi connectivity index (χ2n) is 4.06. The Kier molecular flexibility index (Phi) is 3.72. The molecule has 0 aliphatic carbocycles. The fourth-order valence-corrected chi connectivity index (χ4v) is 1.55. The molecule has 1 aromatic carbocycles. The number of aliphatic carboxylic acids is 1. The van der Waals surface area contributed by atoms with Crippen LogP contribution >= 0.6 is 0 Å². The van der Waals surface area contributed by atoms with Crippen molar-refractivity contribution < 1.29 is 15.0 Å². The molecule has 0 aliphatic rings. The van der Waals surface area contributed by atoms with E-state index in [9.17, 15) is 9.90 Å². The maximum atomic E-state index is 11.0. The van der Waals surface area contributed by atoms with E-state index in [1.54, 1.807) is 18.2 Å². The van der Waals surface area contributed by atoms with Gasteiger partial charge in [-0.15, -0.1) is 0 Å². The summed E-state index contributed by atoms with van der Waals surface area (Å²) in [6.07, 6.45) is 0.460. The highest BCUT2D eigenvalue weighted by atomic mass is 16.4. The standard InChI is InChI=1S/C12H16O3/c1-8(2)11(12(14)15)7-9-4-3-5-10(13)6-9/h3-6,8,11,13H,7H2,1-2H3,(H,14,15)/t11-/m1/s1. The van der Waals surface area contributed by atoms with Gasteiger partial charge in [-0.1, -0.05) is 26.0 Å². The van der Waals surface area contributed by atoms with Gasteiger partial charge in [-0.05, 0) is 30.0 Å². The van der Waals surface area contributed by atoms with Crippen molar-refractivity contribution in [2.45, 2.75) is 20.3 Å². The van der Waals surface area contributed by atoms with Gasteiger partial charge in [0.05, 0.1) is 5.92 Å². The van der Waals surface area contributed by atoms with Crippen molar-refractivity contribution in [2.24, 2.45) is 11.8 Å². The summed E-state index contributed by atoms with van der Waals surface area (Å²) in [4.78, 5) is 11.0. The van der Waals surface area contributed by atoms with Crippen LogP contribution in [0.15, 0.2) is 24.3 Å². The lowest BCUT2D eigenvalue weighted by atomic mass is 9.89. The Balaban J connectivity index is 2.79. The molecular formula is C12H16O3. The number of phenolic OH excluding ortho intramolecular Hbond substituents is 1. The summed E-state index contributed by atoms with van der Waals surface area (Å²) in [6.45, 7) is 3.78. The average Bonchev–Trinajstić information content (AvgIpc) is 2.13. The van der Waals surface area contributed by atoms with Crippen molar-refractivity contribution in [3.63, 3.8) is 0 Å². The van der Waals surface area contributed by atoms with Crippen LogP contribution in [0.3, 0.4) is 0 Å². The smallest absolute Gasteiger partial charge is 0.307 e. The predicted octanol–water partition coefficient (Wildman–Crippen LogP) is 2.29. The zero-order valence-electron chi connectivity index (χ0n) is 8.97. The zero-order valence-corrected chi connectivity index (χ0v) is 8.97. The van der Waals surface area contributed by atoms with Crippen molar-refractivity contribution >= 4 is 5.97 Å². The SMILES string of the molecule is CC(C)[C@@H](Cc1cccc(O)c1)C(=O)O. The normalized spacial score (nSPS) is 12.7. The fraction of sp³-hybridized carbons (Fsp3) is 0.417. The van der Waals surface area contributed by atoms with Gasteiger partial charge in [0.15, 0.2) is 0 Å². The molecule has 1 atom stereocenters. The van der Waals surface area contributed by atoms with E-state index in [1.165, 1.54) is 0 Å². The molecule has 0 spiro atoms. The molecule has 0 aromatic heterocycles. The van der Waals surface area contributed by atoms with Crippen LogP contribution < -0.4 is 0 Å². The molecule has 0 aliphatic heterocycles. The zero-order chi connectivity index (χ0) is 11.4. The summed E-state index contributed by atoms with van der Waals surface area (Å²) in [7, 11) is 0. The third-order valence-electron chi connectivity index (χ3n) is 2.49. The van der Waals surface area contributed by atoms with Crippen molar-refractivity contribution in [1.82, 2.24) is 0 Å². The van der Waals surface area contributed by atoms with Crippen LogP contribution in [-0.4, -0.2) is 16.2 Å². The summed E-state index contributed by atoms with van der Waals surface area (Å²) in [5, 5.41) is 18.3. The lowest BCUT2D eigenvalue weighted by molar-refractivity contribution is -0.143. The largest absolute Gasteiger partial charge is 0.508 e. The summed E-state index contributed by atoms with van der Waals surface area (Å²) < 4.78 is 0. The molecule has 15 heavy (non-hydrogen) atoms. The number of carbonyl (C=O) groups is 1. The summed E-state index contributed by atoms with van der Waals surface area (Å²) >= 11 is 0. The highest BCUT2D eigenvalue weighted by Gasteiger charge is 2.21. The number of benzene rings is 1. The molecular weight excluding hydrogens is 192 g/mol. The molecule has 1 aromatic rings. The van der Waals surface area contributed by atoms with E-state index in [-0.39, 0.29) is 11.7 Å². The van der Waals surface area contributed by atoms with E-state index >= 15 is 0 Å². The average molecular weight is 208 g/mol. The first-order valence-corrected chi connectivity index (χ1v) is 5.01. The van der Waals surface area contributed by atoms with Gasteiger partial charge in [-0.2, -0.15) is 0 Å². The van der Waals surface area contributed by atoms with E-state index in [1.807, 2.05) is 19.9 Å². The minimum atomic E-state index is -0.784. The second-order valence-corrected chi connectivity index (χ2v) is 4.06. The molecule has 0 unspecified atom stereocenters. The molecule has 0 radical (unpaired) electrons. The summed E-state index contributed by atoms with van der Waals surface area (Å²) in [5.41, 5.74) is 0.858. The quantitative estimate of drug-likeness (QED) is 0.798. The maximum absolute atomic E-state index is 11.0. The molecule has 1 rings (SSSR count). The Bertz CT molecular complexity index is 344. The minimum absolute atomic E-state index is 0.0878. The van der Waals surface area contributed by atoms with Crippen molar-refractivity contribution in [2.75, 3.05) is 0 Å². The van der Waals surface area contributed by atoms with Crippen LogP contribution in [-0.2, 0) is 11.2 Å². The topological polar surface area (TPSA) is 57.5 Å². The first kappa shape index (κ1) is 11.6. The number of carboxylic acid groups (broad SMARTS) is 1. The molecule has 0 heterocycles. The van der Waals surface area contributed by atoms with Crippen LogP contribution in [0.4, 0.5) is 0 Å². The number of hydrogen-bond acceptors (Lipinski definition) is 2. The van der Waals surface area contributed by atoms with Gasteiger partial charge >= 0.3 is 5.97 Å². The Morgan fingerprint density at radius 1 is 1.40 bits per heavy atom. The van der Waals surface area contributed by atoms with Crippen LogP contribution in [0, 0.1) is 11.8 Å². The molecule has 3 nitrogen and oxygen atoms in total. The van der Waals surface area contributed by atoms with Crippen molar-refractivity contribution in [1.29, 1.82) is 0 Å². The van der Waals surface area contributed by atoms with E-state index in [0.717, 1.165) is 5.56 Å². The van der Waals surface area contributed by atoms with Gasteiger partial charge in [0.2, 0.25) is 0 Å². The van der Waals surface area contributed by atoms with Crippen molar-refractivity contribution in [3.8, 4) is 5.75 Å². The van der Waals surface area contributed by atoms with Gasteiger partial charge in [-0.25, -0.2) is 0 Å². The minimum Gasteiger partial charge on any atom is -0.508 e. The van der Waals surface area contributed by atoms with Crippen LogP contribution in [0.5, 0.6) is 5.75 Å². The Hall–Kier alpha value is -1.51. The predicted molar refractivity (Wildman–Crippen MR) is 57.8 cm³/mol. The lowest BCUT2D eigenvalue weighted by Gasteiger charge is -2.15. The third-order valence-corrected chi connectivity index (χ3v) is 2.49. The molecule has 2 N–H and O–H groups in total. The molecule has 0 bridgehead atoms. The third kappa shape index (κ3) is 3.27. The number of carboxylic acids is 1. The van der Waals surface area contributed by atoms with E-state index < -0.39 is 11.9 Å². The molecule has 0 fully saturated rings. The molecule has 0 amide bonds. The molecule has 3 heteroatoms. The number of hydrogen-bond donors (Lipinski definition) is 2. The Morgan fingerprint density at radius 3 is 2.53 bits per heavy atom. The maximum Gasteiger partial charge on any atom is 0.307 e. The van der Waals surface area contributed by atoms with Crippen LogP contribution in [0.25, 0.3) is 0 Å². The van der Waals surface area contributed by atoms with Gasteiger partial charge in [0.1, 0.15) is 5.75 Å². The molecule has 0 saturated heterocycles. The monoisotopic (exact) mass is 208 g/mol. The highest BCUT2D eigenvalue weighted by Crippen LogP contribution is 2.20. The molecule has 0 saturated carbocycles. The van der Waals surface area contributed by atoms with Gasteiger partial charge in [0, 0.05) is 0 Å². The van der Waals surface area contributed by atoms with Gasteiger partial charge in [0.25, 0.3) is 0 Å². The number of rotatable bonds is 4. The van der Waals surface area contributed by atoms with Crippen LogP contribution in [0.2, 0.25) is 0 Å². The number of phenols is 1. The van der Waals surface area contributed by atoms with E-state index in [4.69, 9.17) is 5.11 Å². The Morgan fingerprint density at radius 2 is 2.07 bits per heavy atom. The highest BCUT2D eigenvalue weighted by molar-refractivity contribution is 5.70. The second kappa shape index (κ2) is 4.82. The lowest BCUT2D eigenvalue weighted by Crippen LogP contribution is -2.22. The van der Waals surface area contributed by atoms with Crippen molar-refractivity contribution in [3.05, 3.63) is 29.8 Å². The van der Waals surface area contributed by atoms with Crippen LogP contribution in [0.1, 0.15) is 19.4 Å².